The summed E-state index contributed by atoms with van der Waals surface area (Å²) < 4.78 is 41.3. The van der Waals surface area contributed by atoms with E-state index in [1.807, 2.05) is 6.92 Å². The zero-order valence-electron chi connectivity index (χ0n) is 16.2. The Morgan fingerprint density at radius 2 is 1.87 bits per heavy atom. The van der Waals surface area contributed by atoms with E-state index in [1.165, 1.54) is 24.4 Å². The lowest BCUT2D eigenvalue weighted by Crippen LogP contribution is -2.41. The predicted molar refractivity (Wildman–Crippen MR) is 116 cm³/mol. The number of amides is 1. The third kappa shape index (κ3) is 5.78. The van der Waals surface area contributed by atoms with Gasteiger partial charge in [-0.05, 0) is 72.3 Å². The molecular formula is C20H22BrClFN3O3S. The molecule has 1 atom stereocenters. The van der Waals surface area contributed by atoms with Gasteiger partial charge in [0.05, 0.1) is 10.5 Å². The third-order valence-electron chi connectivity index (χ3n) is 5.23. The molecule has 6 nitrogen and oxygen atoms in total. The van der Waals surface area contributed by atoms with E-state index in [1.54, 1.807) is 12.1 Å². The van der Waals surface area contributed by atoms with Crippen molar-refractivity contribution in [2.45, 2.75) is 49.6 Å². The van der Waals surface area contributed by atoms with Crippen molar-refractivity contribution in [3.05, 3.63) is 57.5 Å². The van der Waals surface area contributed by atoms with Crippen LogP contribution in [-0.4, -0.2) is 25.4 Å². The number of aromatic nitrogens is 1. The average Bonchev–Trinajstić information content (AvgIpc) is 2.70. The Balaban J connectivity index is 1.53. The lowest BCUT2D eigenvalue weighted by Gasteiger charge is -2.29. The van der Waals surface area contributed by atoms with Gasteiger partial charge in [-0.3, -0.25) is 4.79 Å². The minimum atomic E-state index is -3.73. The highest BCUT2D eigenvalue weighted by molar-refractivity contribution is 9.10. The summed E-state index contributed by atoms with van der Waals surface area (Å²) in [5, 5.41) is 3.15. The van der Waals surface area contributed by atoms with Crippen molar-refractivity contribution in [1.29, 1.82) is 0 Å². The normalized spacial score (nSPS) is 20.5. The fourth-order valence-electron chi connectivity index (χ4n) is 3.48. The first-order valence-electron chi connectivity index (χ1n) is 9.55. The van der Waals surface area contributed by atoms with Crippen molar-refractivity contribution in [2.24, 2.45) is 5.92 Å². The third-order valence-corrected chi connectivity index (χ3v) is 7.85. The first kappa shape index (κ1) is 23.1. The maximum Gasteiger partial charge on any atom is 0.242 e. The van der Waals surface area contributed by atoms with Crippen molar-refractivity contribution < 1.29 is 17.6 Å². The summed E-state index contributed by atoms with van der Waals surface area (Å²) in [6.07, 6.45) is 3.50. The molecule has 1 aromatic carbocycles. The zero-order chi connectivity index (χ0) is 21.9. The molecule has 1 saturated carbocycles. The van der Waals surface area contributed by atoms with Crippen LogP contribution < -0.4 is 10.0 Å². The second kappa shape index (κ2) is 9.72. The maximum absolute atomic E-state index is 13.1. The largest absolute Gasteiger partial charge is 0.349 e. The molecule has 1 unspecified atom stereocenters. The first-order chi connectivity index (χ1) is 14.2. The van der Waals surface area contributed by atoms with Crippen LogP contribution >= 0.6 is 27.5 Å². The molecule has 0 bridgehead atoms. The number of nitrogens with one attached hydrogen (secondary N) is 2. The van der Waals surface area contributed by atoms with Crippen LogP contribution in [0.25, 0.3) is 0 Å². The molecule has 1 amide bonds. The van der Waals surface area contributed by atoms with Crippen molar-refractivity contribution in [2.75, 3.05) is 0 Å². The molecule has 1 heterocycles. The summed E-state index contributed by atoms with van der Waals surface area (Å²) in [5.74, 6) is -0.571. The highest BCUT2D eigenvalue weighted by Crippen LogP contribution is 2.28. The standard InChI is InChI=1S/C20H22BrClFN3O3S/c1-12(13-2-6-15(23)7-3-13)25-20(27)14-4-8-16(9-5-14)26-30(28,29)17-10-18(21)19(22)24-11-17/h2-3,6-7,10-12,14,16,26H,4-5,8-9H2,1H3,(H,25,27). The number of rotatable bonds is 6. The van der Waals surface area contributed by atoms with Gasteiger partial charge in [0.2, 0.25) is 15.9 Å². The van der Waals surface area contributed by atoms with Gasteiger partial charge in [-0.1, -0.05) is 23.7 Å². The molecule has 1 fully saturated rings. The molecule has 0 saturated heterocycles. The Morgan fingerprint density at radius 3 is 2.47 bits per heavy atom. The van der Waals surface area contributed by atoms with Crippen LogP contribution in [0.1, 0.15) is 44.2 Å². The minimum absolute atomic E-state index is 0.0340. The van der Waals surface area contributed by atoms with Gasteiger partial charge in [0.15, 0.2) is 0 Å². The maximum atomic E-state index is 13.1. The lowest BCUT2D eigenvalue weighted by molar-refractivity contribution is -0.126. The predicted octanol–water partition coefficient (Wildman–Crippen LogP) is 4.35. The Labute approximate surface area is 188 Å². The van der Waals surface area contributed by atoms with Crippen LogP contribution in [0.3, 0.4) is 0 Å². The van der Waals surface area contributed by atoms with Gasteiger partial charge < -0.3 is 5.32 Å². The first-order valence-corrected chi connectivity index (χ1v) is 12.2. The number of carbonyl (C=O) groups excluding carboxylic acids is 1. The topological polar surface area (TPSA) is 88.2 Å². The van der Waals surface area contributed by atoms with Gasteiger partial charge in [0.1, 0.15) is 15.9 Å². The van der Waals surface area contributed by atoms with E-state index in [-0.39, 0.29) is 39.8 Å². The quantitative estimate of drug-likeness (QED) is 0.557. The molecule has 1 aromatic heterocycles. The molecule has 1 aliphatic rings. The van der Waals surface area contributed by atoms with E-state index >= 15 is 0 Å². The fraction of sp³-hybridized carbons (Fsp3) is 0.400. The number of hydrogen-bond donors (Lipinski definition) is 2. The number of sulfonamides is 1. The monoisotopic (exact) mass is 517 g/mol. The van der Waals surface area contributed by atoms with Crippen LogP contribution in [0.4, 0.5) is 4.39 Å². The van der Waals surface area contributed by atoms with E-state index in [9.17, 15) is 17.6 Å². The summed E-state index contributed by atoms with van der Waals surface area (Å²) in [7, 11) is -3.73. The number of nitrogens with zero attached hydrogens (tertiary/aromatic N) is 1. The zero-order valence-corrected chi connectivity index (χ0v) is 19.4. The Kier molecular flexibility index (Phi) is 7.49. The number of pyridine rings is 1. The molecule has 2 N–H and O–H groups in total. The van der Waals surface area contributed by atoms with Crippen molar-refractivity contribution in [1.82, 2.24) is 15.0 Å². The molecule has 3 rings (SSSR count). The fourth-order valence-corrected chi connectivity index (χ4v) is 5.36. The second-order valence-corrected chi connectivity index (χ2v) is 10.3. The number of carbonyl (C=O) groups is 1. The van der Waals surface area contributed by atoms with E-state index < -0.39 is 10.0 Å². The summed E-state index contributed by atoms with van der Waals surface area (Å²) >= 11 is 9.00. The molecule has 0 spiro atoms. The Morgan fingerprint density at radius 1 is 1.23 bits per heavy atom. The van der Waals surface area contributed by atoms with Gasteiger partial charge >= 0.3 is 0 Å². The van der Waals surface area contributed by atoms with Gasteiger partial charge in [0.25, 0.3) is 0 Å². The smallest absolute Gasteiger partial charge is 0.242 e. The molecule has 0 radical (unpaired) electrons. The van der Waals surface area contributed by atoms with Crippen LogP contribution in [0.15, 0.2) is 45.9 Å². The van der Waals surface area contributed by atoms with Gasteiger partial charge in [0, 0.05) is 18.2 Å². The summed E-state index contributed by atoms with van der Waals surface area (Å²) in [6.45, 7) is 1.85. The lowest BCUT2D eigenvalue weighted by atomic mass is 9.85. The molecule has 30 heavy (non-hydrogen) atoms. The van der Waals surface area contributed by atoms with E-state index in [0.717, 1.165) is 5.56 Å². The van der Waals surface area contributed by atoms with E-state index in [0.29, 0.717) is 30.2 Å². The molecule has 2 aromatic rings. The SMILES string of the molecule is CC(NC(=O)C1CCC(NS(=O)(=O)c2cnc(Cl)c(Br)c2)CC1)c1ccc(F)cc1. The Bertz CT molecular complexity index is 1010. The van der Waals surface area contributed by atoms with Crippen molar-refractivity contribution in [3.8, 4) is 0 Å². The van der Waals surface area contributed by atoms with Crippen LogP contribution in [0.5, 0.6) is 0 Å². The van der Waals surface area contributed by atoms with Gasteiger partial charge in [-0.2, -0.15) is 0 Å². The highest BCUT2D eigenvalue weighted by Gasteiger charge is 2.30. The molecule has 162 valence electrons. The van der Waals surface area contributed by atoms with Crippen molar-refractivity contribution >= 4 is 43.5 Å². The molecule has 10 heteroatoms. The summed E-state index contributed by atoms with van der Waals surface area (Å²) in [4.78, 5) is 16.5. The van der Waals surface area contributed by atoms with E-state index in [4.69, 9.17) is 11.6 Å². The van der Waals surface area contributed by atoms with Crippen LogP contribution in [0, 0.1) is 11.7 Å². The molecular weight excluding hydrogens is 497 g/mol. The second-order valence-electron chi connectivity index (χ2n) is 7.40. The van der Waals surface area contributed by atoms with Crippen LogP contribution in [0.2, 0.25) is 5.15 Å². The number of halogens is 3. The summed E-state index contributed by atoms with van der Waals surface area (Å²) in [6, 6.07) is 6.96. The highest BCUT2D eigenvalue weighted by atomic mass is 79.9. The Hall–Kier alpha value is -1.55. The van der Waals surface area contributed by atoms with Crippen molar-refractivity contribution in [3.63, 3.8) is 0 Å². The van der Waals surface area contributed by atoms with Crippen LogP contribution in [-0.2, 0) is 14.8 Å². The average molecular weight is 519 g/mol. The van der Waals surface area contributed by atoms with Gasteiger partial charge in [-0.15, -0.1) is 0 Å². The van der Waals surface area contributed by atoms with Gasteiger partial charge in [-0.25, -0.2) is 22.5 Å². The minimum Gasteiger partial charge on any atom is -0.349 e. The van der Waals surface area contributed by atoms with E-state index in [2.05, 4.69) is 31.0 Å². The molecule has 1 aliphatic carbocycles. The molecule has 0 aliphatic heterocycles. The number of benzene rings is 1. The summed E-state index contributed by atoms with van der Waals surface area (Å²) in [5.41, 5.74) is 0.828. The number of hydrogen-bond acceptors (Lipinski definition) is 4.